The first-order valence-corrected chi connectivity index (χ1v) is 11.9. The van der Waals surface area contributed by atoms with E-state index in [9.17, 15) is 4.39 Å². The number of likely N-dealkylation sites (N-methyl/N-ethyl adjacent to an activating group) is 1. The number of aromatic nitrogens is 6. The molecule has 184 valence electrons. The molecule has 6 aromatic rings. The fourth-order valence-corrected chi connectivity index (χ4v) is 4.36. The van der Waals surface area contributed by atoms with Crippen LogP contribution < -0.4 is 4.74 Å². The molecule has 5 heterocycles. The van der Waals surface area contributed by atoms with Gasteiger partial charge in [-0.2, -0.15) is 5.10 Å². The van der Waals surface area contributed by atoms with Crippen molar-refractivity contribution in [3.63, 3.8) is 0 Å². The third kappa shape index (κ3) is 4.52. The summed E-state index contributed by atoms with van der Waals surface area (Å²) in [5.74, 6) is 0.136. The predicted molar refractivity (Wildman–Crippen MR) is 142 cm³/mol. The summed E-state index contributed by atoms with van der Waals surface area (Å²) >= 11 is 0. The molecule has 6 rings (SSSR count). The zero-order chi connectivity index (χ0) is 25.4. The van der Waals surface area contributed by atoms with Gasteiger partial charge in [0.15, 0.2) is 5.65 Å². The number of ether oxygens (including phenoxy) is 1. The number of pyridine rings is 3. The van der Waals surface area contributed by atoms with E-state index in [0.717, 1.165) is 45.4 Å². The molecule has 0 aliphatic carbocycles. The van der Waals surface area contributed by atoms with Gasteiger partial charge in [-0.05, 0) is 73.3 Å². The van der Waals surface area contributed by atoms with Crippen molar-refractivity contribution in [1.29, 1.82) is 0 Å². The number of halogens is 1. The minimum atomic E-state index is -0.355. The molecule has 0 saturated carbocycles. The Bertz CT molecular complexity index is 1710. The highest BCUT2D eigenvalue weighted by molar-refractivity contribution is 5.99. The van der Waals surface area contributed by atoms with Crippen LogP contribution in [0.3, 0.4) is 0 Å². The van der Waals surface area contributed by atoms with E-state index in [1.165, 1.54) is 12.1 Å². The standard InChI is InChI=1S/C28H24FN7O/c1-36(2)9-10-37-21-12-18(11-20(29)14-21)22-5-8-31-27-23(22)15-25(33-27)26-24-13-19(16-32-28(24)35-34-26)17-3-6-30-7-4-17/h3-8,11-16H,9-10H2,1-2H3,(H,31,33)(H,32,34,35). The molecule has 0 saturated heterocycles. The Hall–Kier alpha value is -4.63. The van der Waals surface area contributed by atoms with E-state index in [1.54, 1.807) is 18.6 Å². The molecule has 0 radical (unpaired) electrons. The van der Waals surface area contributed by atoms with E-state index in [2.05, 4.69) is 36.2 Å². The van der Waals surface area contributed by atoms with Gasteiger partial charge in [0, 0.05) is 53.7 Å². The third-order valence-corrected chi connectivity index (χ3v) is 6.21. The van der Waals surface area contributed by atoms with E-state index in [4.69, 9.17) is 4.74 Å². The van der Waals surface area contributed by atoms with Crippen LogP contribution in [0.15, 0.2) is 73.3 Å². The van der Waals surface area contributed by atoms with Gasteiger partial charge < -0.3 is 14.6 Å². The minimum Gasteiger partial charge on any atom is -0.492 e. The van der Waals surface area contributed by atoms with Crippen molar-refractivity contribution >= 4 is 22.1 Å². The second kappa shape index (κ2) is 9.44. The average Bonchev–Trinajstić information content (AvgIpc) is 3.52. The molecule has 9 heteroatoms. The lowest BCUT2D eigenvalue weighted by molar-refractivity contribution is 0.260. The maximum atomic E-state index is 14.5. The second-order valence-corrected chi connectivity index (χ2v) is 9.06. The van der Waals surface area contributed by atoms with Crippen LogP contribution in [-0.4, -0.2) is 62.3 Å². The average molecular weight is 494 g/mol. The Morgan fingerprint density at radius 3 is 2.57 bits per heavy atom. The lowest BCUT2D eigenvalue weighted by Crippen LogP contribution is -2.19. The van der Waals surface area contributed by atoms with E-state index in [0.29, 0.717) is 29.2 Å². The minimum absolute atomic E-state index is 0.355. The van der Waals surface area contributed by atoms with Crippen LogP contribution in [-0.2, 0) is 0 Å². The zero-order valence-electron chi connectivity index (χ0n) is 20.4. The van der Waals surface area contributed by atoms with Gasteiger partial charge in [-0.25, -0.2) is 14.4 Å². The molecule has 2 N–H and O–H groups in total. The van der Waals surface area contributed by atoms with Crippen molar-refractivity contribution < 1.29 is 9.13 Å². The number of hydrogen-bond donors (Lipinski definition) is 2. The number of rotatable bonds is 7. The number of fused-ring (bicyclic) bond motifs is 2. The number of nitrogens with one attached hydrogen (secondary N) is 2. The molecule has 0 fully saturated rings. The van der Waals surface area contributed by atoms with Crippen LogP contribution >= 0.6 is 0 Å². The first-order chi connectivity index (χ1) is 18.0. The monoisotopic (exact) mass is 493 g/mol. The van der Waals surface area contributed by atoms with Gasteiger partial charge in [-0.3, -0.25) is 10.1 Å². The second-order valence-electron chi connectivity index (χ2n) is 9.06. The Labute approximate surface area is 212 Å². The molecule has 8 nitrogen and oxygen atoms in total. The Morgan fingerprint density at radius 2 is 1.73 bits per heavy atom. The van der Waals surface area contributed by atoms with Crippen molar-refractivity contribution in [2.45, 2.75) is 0 Å². The predicted octanol–water partition coefficient (Wildman–Crippen LogP) is 5.31. The summed E-state index contributed by atoms with van der Waals surface area (Å²) < 4.78 is 20.3. The van der Waals surface area contributed by atoms with E-state index in [-0.39, 0.29) is 5.82 Å². The van der Waals surface area contributed by atoms with Crippen LogP contribution in [0.25, 0.3) is 55.7 Å². The van der Waals surface area contributed by atoms with E-state index >= 15 is 0 Å². The highest BCUT2D eigenvalue weighted by atomic mass is 19.1. The summed E-state index contributed by atoms with van der Waals surface area (Å²) in [7, 11) is 3.94. The first kappa shape index (κ1) is 22.8. The molecule has 0 spiro atoms. The lowest BCUT2D eigenvalue weighted by atomic mass is 10.0. The van der Waals surface area contributed by atoms with Gasteiger partial charge in [-0.15, -0.1) is 0 Å². The summed E-state index contributed by atoms with van der Waals surface area (Å²) in [6, 6.07) is 14.6. The summed E-state index contributed by atoms with van der Waals surface area (Å²) in [5, 5.41) is 9.28. The third-order valence-electron chi connectivity index (χ3n) is 6.21. The smallest absolute Gasteiger partial charge is 0.155 e. The number of hydrogen-bond acceptors (Lipinski definition) is 6. The van der Waals surface area contributed by atoms with Crippen molar-refractivity contribution in [1.82, 2.24) is 35.0 Å². The SMILES string of the molecule is CN(C)CCOc1cc(F)cc(-c2ccnc3[nH]c(-c4n[nH]c5ncc(-c6ccncc6)cc45)cc23)c1. The van der Waals surface area contributed by atoms with Gasteiger partial charge in [0.05, 0.1) is 5.69 Å². The van der Waals surface area contributed by atoms with Crippen LogP contribution in [0.4, 0.5) is 4.39 Å². The van der Waals surface area contributed by atoms with Gasteiger partial charge in [-0.1, -0.05) is 0 Å². The van der Waals surface area contributed by atoms with Gasteiger partial charge in [0.2, 0.25) is 0 Å². The van der Waals surface area contributed by atoms with Gasteiger partial charge in [0.1, 0.15) is 29.5 Å². The quantitative estimate of drug-likeness (QED) is 0.313. The van der Waals surface area contributed by atoms with Gasteiger partial charge in [0.25, 0.3) is 0 Å². The molecule has 37 heavy (non-hydrogen) atoms. The number of H-pyrrole nitrogens is 2. The molecule has 5 aromatic heterocycles. The Balaban J connectivity index is 1.41. The normalized spacial score (nSPS) is 11.6. The lowest BCUT2D eigenvalue weighted by Gasteiger charge is -2.12. The molecular weight excluding hydrogens is 469 g/mol. The zero-order valence-corrected chi connectivity index (χ0v) is 20.4. The van der Waals surface area contributed by atoms with Crippen molar-refractivity contribution in [2.75, 3.05) is 27.2 Å². The summed E-state index contributed by atoms with van der Waals surface area (Å²) in [6.45, 7) is 1.21. The molecule has 0 atom stereocenters. The van der Waals surface area contributed by atoms with Crippen molar-refractivity contribution in [3.8, 4) is 39.4 Å². The van der Waals surface area contributed by atoms with Crippen LogP contribution in [0.5, 0.6) is 5.75 Å². The van der Waals surface area contributed by atoms with Gasteiger partial charge >= 0.3 is 0 Å². The van der Waals surface area contributed by atoms with Crippen LogP contribution in [0.1, 0.15) is 0 Å². The number of benzene rings is 1. The first-order valence-electron chi connectivity index (χ1n) is 11.9. The maximum absolute atomic E-state index is 14.5. The van der Waals surface area contributed by atoms with Crippen LogP contribution in [0, 0.1) is 5.82 Å². The molecule has 0 aliphatic rings. The highest BCUT2D eigenvalue weighted by Crippen LogP contribution is 2.35. The highest BCUT2D eigenvalue weighted by Gasteiger charge is 2.16. The summed E-state index contributed by atoms with van der Waals surface area (Å²) in [6.07, 6.45) is 7.03. The molecule has 0 unspecified atom stereocenters. The van der Waals surface area contributed by atoms with E-state index < -0.39 is 0 Å². The summed E-state index contributed by atoms with van der Waals surface area (Å²) in [5.41, 5.74) is 6.43. The molecule has 0 aliphatic heterocycles. The summed E-state index contributed by atoms with van der Waals surface area (Å²) in [4.78, 5) is 18.5. The molecule has 0 amide bonds. The Kier molecular flexibility index (Phi) is 5.82. The largest absolute Gasteiger partial charge is 0.492 e. The van der Waals surface area contributed by atoms with E-state index in [1.807, 2.05) is 55.5 Å². The number of aromatic amines is 2. The molecule has 0 bridgehead atoms. The van der Waals surface area contributed by atoms with Crippen molar-refractivity contribution in [2.24, 2.45) is 0 Å². The molecule has 1 aromatic carbocycles. The Morgan fingerprint density at radius 1 is 0.865 bits per heavy atom. The maximum Gasteiger partial charge on any atom is 0.155 e. The fraction of sp³-hybridized carbons (Fsp3) is 0.143. The number of nitrogens with zero attached hydrogens (tertiary/aromatic N) is 5. The fourth-order valence-electron chi connectivity index (χ4n) is 4.36. The topological polar surface area (TPSA) is 95.6 Å². The van der Waals surface area contributed by atoms with Crippen LogP contribution in [0.2, 0.25) is 0 Å². The molecular formula is C28H24FN7O. The van der Waals surface area contributed by atoms with Crippen molar-refractivity contribution in [3.05, 3.63) is 79.1 Å².